The van der Waals surface area contributed by atoms with E-state index in [1.165, 1.54) is 10.9 Å². The van der Waals surface area contributed by atoms with Gasteiger partial charge in [0.1, 0.15) is 5.82 Å². The average Bonchev–Trinajstić information content (AvgIpc) is 2.82. The molecule has 1 aromatic carbocycles. The van der Waals surface area contributed by atoms with E-state index in [2.05, 4.69) is 6.92 Å². The fourth-order valence-corrected chi connectivity index (χ4v) is 2.90. The third kappa shape index (κ3) is 3.10. The molecule has 2 aromatic rings. The lowest BCUT2D eigenvalue weighted by molar-refractivity contribution is 0.182. The van der Waals surface area contributed by atoms with E-state index in [-0.39, 0.29) is 5.02 Å². The van der Waals surface area contributed by atoms with Crippen LogP contribution in [-0.4, -0.2) is 5.11 Å². The van der Waals surface area contributed by atoms with E-state index in [0.717, 1.165) is 16.9 Å². The molecule has 0 spiro atoms. The normalized spacial score (nSPS) is 12.7. The zero-order valence-electron chi connectivity index (χ0n) is 9.99. The number of aliphatic hydroxyl groups is 1. The van der Waals surface area contributed by atoms with Crippen LogP contribution in [0.1, 0.15) is 28.3 Å². The number of thiophene rings is 1. The molecule has 96 valence electrons. The molecular formula is C14H14ClFOS. The first kappa shape index (κ1) is 13.5. The van der Waals surface area contributed by atoms with Crippen molar-refractivity contribution in [1.29, 1.82) is 0 Å². The van der Waals surface area contributed by atoms with Crippen molar-refractivity contribution in [1.82, 2.24) is 0 Å². The number of benzene rings is 1. The number of hydrogen-bond donors (Lipinski definition) is 1. The van der Waals surface area contributed by atoms with Crippen LogP contribution in [0.25, 0.3) is 0 Å². The zero-order chi connectivity index (χ0) is 13.1. The summed E-state index contributed by atoms with van der Waals surface area (Å²) in [4.78, 5) is 2.19. The maximum absolute atomic E-state index is 13.0. The van der Waals surface area contributed by atoms with Gasteiger partial charge in [0.2, 0.25) is 0 Å². The minimum absolute atomic E-state index is 0.0973. The molecule has 1 aromatic heterocycles. The van der Waals surface area contributed by atoms with Gasteiger partial charge in [0.15, 0.2) is 0 Å². The van der Waals surface area contributed by atoms with E-state index in [4.69, 9.17) is 11.6 Å². The fraction of sp³-hybridized carbons (Fsp3) is 0.286. The second-order valence-corrected chi connectivity index (χ2v) is 5.73. The van der Waals surface area contributed by atoms with E-state index in [9.17, 15) is 9.50 Å². The molecule has 0 saturated carbocycles. The van der Waals surface area contributed by atoms with Gasteiger partial charge in [-0.3, -0.25) is 0 Å². The number of hydrogen-bond acceptors (Lipinski definition) is 2. The number of halogens is 2. The Balaban J connectivity index is 2.10. The zero-order valence-corrected chi connectivity index (χ0v) is 11.6. The highest BCUT2D eigenvalue weighted by atomic mass is 35.5. The minimum Gasteiger partial charge on any atom is -0.387 e. The Hall–Kier alpha value is -0.900. The molecule has 0 radical (unpaired) electrons. The molecule has 18 heavy (non-hydrogen) atoms. The molecular weight excluding hydrogens is 271 g/mol. The predicted octanol–water partition coefficient (Wildman–Crippen LogP) is 4.38. The molecule has 1 unspecified atom stereocenters. The van der Waals surface area contributed by atoms with Gasteiger partial charge in [-0.2, -0.15) is 0 Å². The van der Waals surface area contributed by atoms with E-state index in [1.54, 1.807) is 23.5 Å². The summed E-state index contributed by atoms with van der Waals surface area (Å²) in [5.41, 5.74) is 0.834. The van der Waals surface area contributed by atoms with Crippen LogP contribution in [0, 0.1) is 5.82 Å². The van der Waals surface area contributed by atoms with E-state index in [1.807, 2.05) is 12.1 Å². The van der Waals surface area contributed by atoms with E-state index < -0.39 is 11.9 Å². The Labute approximate surface area is 115 Å². The summed E-state index contributed by atoms with van der Waals surface area (Å²) in [5, 5.41) is 10.2. The first-order chi connectivity index (χ1) is 8.60. The second kappa shape index (κ2) is 5.83. The van der Waals surface area contributed by atoms with Crippen molar-refractivity contribution < 1.29 is 9.50 Å². The van der Waals surface area contributed by atoms with Crippen LogP contribution in [0.2, 0.25) is 5.02 Å². The largest absolute Gasteiger partial charge is 0.387 e. The van der Waals surface area contributed by atoms with E-state index >= 15 is 0 Å². The molecule has 1 heterocycles. The van der Waals surface area contributed by atoms with Gasteiger partial charge >= 0.3 is 0 Å². The van der Waals surface area contributed by atoms with Crippen LogP contribution >= 0.6 is 22.9 Å². The highest BCUT2D eigenvalue weighted by Crippen LogP contribution is 2.27. The lowest BCUT2D eigenvalue weighted by Gasteiger charge is -2.09. The van der Waals surface area contributed by atoms with Gasteiger partial charge in [0, 0.05) is 16.2 Å². The summed E-state index contributed by atoms with van der Waals surface area (Å²) < 4.78 is 13.0. The molecule has 0 saturated heterocycles. The smallest absolute Gasteiger partial charge is 0.141 e. The van der Waals surface area contributed by atoms with Crippen LogP contribution in [0.4, 0.5) is 4.39 Å². The molecule has 4 heteroatoms. The maximum Gasteiger partial charge on any atom is 0.141 e. The quantitative estimate of drug-likeness (QED) is 0.883. The molecule has 1 atom stereocenters. The highest BCUT2D eigenvalue weighted by Gasteiger charge is 2.12. The Morgan fingerprint density at radius 2 is 2.11 bits per heavy atom. The third-order valence-corrected chi connectivity index (χ3v) is 4.39. The number of aryl methyl sites for hydroxylation is 1. The predicted molar refractivity (Wildman–Crippen MR) is 73.8 cm³/mol. The first-order valence-electron chi connectivity index (χ1n) is 5.80. The number of aliphatic hydroxyl groups excluding tert-OH is 1. The highest BCUT2D eigenvalue weighted by molar-refractivity contribution is 7.12. The van der Waals surface area contributed by atoms with Gasteiger partial charge in [0.25, 0.3) is 0 Å². The molecule has 0 fully saturated rings. The molecule has 0 aliphatic rings. The molecule has 0 amide bonds. The van der Waals surface area contributed by atoms with Crippen LogP contribution in [0.3, 0.4) is 0 Å². The van der Waals surface area contributed by atoms with Crippen molar-refractivity contribution in [3.05, 3.63) is 56.5 Å². The lowest BCUT2D eigenvalue weighted by atomic mass is 10.1. The monoisotopic (exact) mass is 284 g/mol. The van der Waals surface area contributed by atoms with Crippen LogP contribution in [0.5, 0.6) is 0 Å². The molecule has 1 nitrogen and oxygen atoms in total. The summed E-state index contributed by atoms with van der Waals surface area (Å²) in [6, 6.07) is 8.52. The molecule has 2 rings (SSSR count). The minimum atomic E-state index is -0.558. The SMILES string of the molecule is CCc1ccc(C(O)Cc2ccc(F)c(Cl)c2)s1. The Kier molecular flexibility index (Phi) is 4.38. The third-order valence-electron chi connectivity index (χ3n) is 2.77. The molecule has 0 aliphatic heterocycles. The number of rotatable bonds is 4. The average molecular weight is 285 g/mol. The van der Waals surface area contributed by atoms with Gasteiger partial charge in [0.05, 0.1) is 11.1 Å². The van der Waals surface area contributed by atoms with Crippen molar-refractivity contribution >= 4 is 22.9 Å². The van der Waals surface area contributed by atoms with Crippen molar-refractivity contribution in [2.24, 2.45) is 0 Å². The first-order valence-corrected chi connectivity index (χ1v) is 7.00. The summed E-state index contributed by atoms with van der Waals surface area (Å²) in [6.45, 7) is 2.09. The standard InChI is InChI=1S/C14H14ClFOS/c1-2-10-4-6-14(18-10)13(17)8-9-3-5-12(16)11(15)7-9/h3-7,13,17H,2,8H2,1H3. The summed E-state index contributed by atoms with van der Waals surface area (Å²) in [7, 11) is 0. The van der Waals surface area contributed by atoms with Crippen LogP contribution < -0.4 is 0 Å². The van der Waals surface area contributed by atoms with Crippen LogP contribution in [-0.2, 0) is 12.8 Å². The Bertz CT molecular complexity index is 538. The summed E-state index contributed by atoms with van der Waals surface area (Å²) in [5.74, 6) is -0.431. The Morgan fingerprint density at radius 1 is 1.33 bits per heavy atom. The van der Waals surface area contributed by atoms with Gasteiger partial charge in [-0.05, 0) is 36.2 Å². The molecule has 1 N–H and O–H groups in total. The Morgan fingerprint density at radius 3 is 2.72 bits per heavy atom. The maximum atomic E-state index is 13.0. The van der Waals surface area contributed by atoms with Crippen molar-refractivity contribution in [2.45, 2.75) is 25.9 Å². The van der Waals surface area contributed by atoms with Crippen molar-refractivity contribution in [2.75, 3.05) is 0 Å². The van der Waals surface area contributed by atoms with Gasteiger partial charge in [-0.1, -0.05) is 24.6 Å². The summed E-state index contributed by atoms with van der Waals surface area (Å²) in [6.07, 6.45) is 0.862. The topological polar surface area (TPSA) is 20.2 Å². The fourth-order valence-electron chi connectivity index (χ4n) is 1.75. The van der Waals surface area contributed by atoms with Crippen molar-refractivity contribution in [3.63, 3.8) is 0 Å². The van der Waals surface area contributed by atoms with E-state index in [0.29, 0.717) is 6.42 Å². The second-order valence-electron chi connectivity index (χ2n) is 4.13. The summed E-state index contributed by atoms with van der Waals surface area (Å²) >= 11 is 7.33. The molecule has 0 aliphatic carbocycles. The molecule has 0 bridgehead atoms. The van der Waals surface area contributed by atoms with Crippen molar-refractivity contribution in [3.8, 4) is 0 Å². The van der Waals surface area contributed by atoms with Gasteiger partial charge in [-0.15, -0.1) is 11.3 Å². The van der Waals surface area contributed by atoms with Gasteiger partial charge in [-0.25, -0.2) is 4.39 Å². The lowest BCUT2D eigenvalue weighted by Crippen LogP contribution is -1.99. The van der Waals surface area contributed by atoms with Crippen LogP contribution in [0.15, 0.2) is 30.3 Å². The van der Waals surface area contributed by atoms with Gasteiger partial charge < -0.3 is 5.11 Å².